The van der Waals surface area contributed by atoms with Crippen LogP contribution < -0.4 is 20.9 Å². The predicted octanol–water partition coefficient (Wildman–Crippen LogP) is 2.03. The van der Waals surface area contributed by atoms with E-state index in [0.717, 1.165) is 17.0 Å². The monoisotopic (exact) mass is 377 g/mol. The first-order valence-corrected chi connectivity index (χ1v) is 8.50. The first-order chi connectivity index (χ1) is 13.7. The van der Waals surface area contributed by atoms with E-state index in [2.05, 4.69) is 26.1 Å². The zero-order valence-corrected chi connectivity index (χ0v) is 15.2. The third-order valence-electron chi connectivity index (χ3n) is 3.80. The van der Waals surface area contributed by atoms with Crippen LogP contribution in [0.2, 0.25) is 0 Å². The Balaban J connectivity index is 1.47. The van der Waals surface area contributed by atoms with E-state index < -0.39 is 11.8 Å². The summed E-state index contributed by atoms with van der Waals surface area (Å²) in [6.45, 7) is -0.00391. The van der Waals surface area contributed by atoms with Crippen molar-refractivity contribution in [3.05, 3.63) is 72.6 Å². The van der Waals surface area contributed by atoms with Crippen LogP contribution in [0.1, 0.15) is 10.4 Å². The number of hydrogen-bond donors (Lipinski definition) is 3. The Morgan fingerprint density at radius 3 is 2.25 bits per heavy atom. The number of hydrogen-bond acceptors (Lipinski definition) is 6. The second-order valence-corrected chi connectivity index (χ2v) is 5.75. The Bertz CT molecular complexity index is 928. The number of nitrogens with zero attached hydrogens (tertiary/aromatic N) is 2. The van der Waals surface area contributed by atoms with Gasteiger partial charge in [0, 0.05) is 23.6 Å². The van der Waals surface area contributed by atoms with Gasteiger partial charge < -0.3 is 10.1 Å². The quantitative estimate of drug-likeness (QED) is 0.568. The highest BCUT2D eigenvalue weighted by Gasteiger charge is 2.09. The van der Waals surface area contributed by atoms with E-state index in [1.165, 1.54) is 12.4 Å². The lowest BCUT2D eigenvalue weighted by Crippen LogP contribution is -2.44. The Morgan fingerprint density at radius 2 is 1.61 bits per heavy atom. The third kappa shape index (κ3) is 5.04. The Hall–Kier alpha value is -3.94. The SMILES string of the molecule is COc1ccc(NCC(=O)NNC(=O)c2cnc(-c3ccccc3)nc2)cc1. The van der Waals surface area contributed by atoms with Crippen LogP contribution in [0.3, 0.4) is 0 Å². The molecule has 28 heavy (non-hydrogen) atoms. The van der Waals surface area contributed by atoms with Gasteiger partial charge in [-0.05, 0) is 24.3 Å². The summed E-state index contributed by atoms with van der Waals surface area (Å²) < 4.78 is 5.07. The van der Waals surface area contributed by atoms with Gasteiger partial charge in [0.25, 0.3) is 11.8 Å². The van der Waals surface area contributed by atoms with Crippen LogP contribution in [0.15, 0.2) is 67.0 Å². The molecule has 8 nitrogen and oxygen atoms in total. The van der Waals surface area contributed by atoms with Gasteiger partial charge in [-0.2, -0.15) is 0 Å². The maximum absolute atomic E-state index is 12.1. The van der Waals surface area contributed by atoms with E-state index >= 15 is 0 Å². The summed E-state index contributed by atoms with van der Waals surface area (Å²) in [4.78, 5) is 32.3. The minimum Gasteiger partial charge on any atom is -0.497 e. The number of methoxy groups -OCH3 is 1. The van der Waals surface area contributed by atoms with Gasteiger partial charge in [-0.1, -0.05) is 30.3 Å². The molecule has 0 atom stereocenters. The molecule has 0 unspecified atom stereocenters. The molecule has 3 rings (SSSR count). The molecule has 0 spiro atoms. The van der Waals surface area contributed by atoms with Crippen molar-refractivity contribution in [2.45, 2.75) is 0 Å². The lowest BCUT2D eigenvalue weighted by atomic mass is 10.2. The summed E-state index contributed by atoms with van der Waals surface area (Å²) in [5.74, 6) is 0.344. The smallest absolute Gasteiger partial charge is 0.272 e. The van der Waals surface area contributed by atoms with Gasteiger partial charge in [0.15, 0.2) is 5.82 Å². The molecule has 8 heteroatoms. The summed E-state index contributed by atoms with van der Waals surface area (Å²) in [5.41, 5.74) is 6.52. The zero-order chi connectivity index (χ0) is 19.8. The van der Waals surface area contributed by atoms with Crippen molar-refractivity contribution in [1.82, 2.24) is 20.8 Å². The van der Waals surface area contributed by atoms with E-state index in [4.69, 9.17) is 4.74 Å². The lowest BCUT2D eigenvalue weighted by molar-refractivity contribution is -0.120. The largest absolute Gasteiger partial charge is 0.497 e. The molecule has 3 aromatic rings. The van der Waals surface area contributed by atoms with E-state index in [1.54, 1.807) is 31.4 Å². The number of rotatable bonds is 6. The van der Waals surface area contributed by atoms with Crippen LogP contribution in [-0.2, 0) is 4.79 Å². The molecule has 3 N–H and O–H groups in total. The molecule has 0 aliphatic heterocycles. The van der Waals surface area contributed by atoms with Crippen molar-refractivity contribution in [2.75, 3.05) is 19.0 Å². The molecule has 0 radical (unpaired) electrons. The first-order valence-electron chi connectivity index (χ1n) is 8.50. The van der Waals surface area contributed by atoms with Crippen molar-refractivity contribution in [1.29, 1.82) is 0 Å². The van der Waals surface area contributed by atoms with Gasteiger partial charge in [-0.15, -0.1) is 0 Å². The molecule has 0 fully saturated rings. The van der Waals surface area contributed by atoms with Gasteiger partial charge in [0.2, 0.25) is 0 Å². The minimum atomic E-state index is -0.502. The van der Waals surface area contributed by atoms with Gasteiger partial charge in [-0.25, -0.2) is 9.97 Å². The highest BCUT2D eigenvalue weighted by molar-refractivity contribution is 5.95. The third-order valence-corrected chi connectivity index (χ3v) is 3.80. The summed E-state index contributed by atoms with van der Waals surface area (Å²) in [6, 6.07) is 16.6. The second kappa shape index (κ2) is 9.13. The van der Waals surface area contributed by atoms with Crippen LogP contribution in [0.4, 0.5) is 5.69 Å². The maximum Gasteiger partial charge on any atom is 0.272 e. The zero-order valence-electron chi connectivity index (χ0n) is 15.2. The molecule has 142 valence electrons. The molecular formula is C20H19N5O3. The highest BCUT2D eigenvalue weighted by Crippen LogP contribution is 2.14. The summed E-state index contributed by atoms with van der Waals surface area (Å²) in [7, 11) is 1.58. The fourth-order valence-electron chi connectivity index (χ4n) is 2.32. The van der Waals surface area contributed by atoms with Crippen LogP contribution in [-0.4, -0.2) is 35.4 Å². The molecule has 0 aliphatic rings. The van der Waals surface area contributed by atoms with Crippen molar-refractivity contribution in [3.63, 3.8) is 0 Å². The van der Waals surface area contributed by atoms with E-state index in [9.17, 15) is 9.59 Å². The average molecular weight is 377 g/mol. The number of aromatic nitrogens is 2. The van der Waals surface area contributed by atoms with Crippen molar-refractivity contribution >= 4 is 17.5 Å². The number of anilines is 1. The van der Waals surface area contributed by atoms with Crippen LogP contribution in [0, 0.1) is 0 Å². The number of carbonyl (C=O) groups is 2. The fraction of sp³-hybridized carbons (Fsp3) is 0.100. The molecule has 1 heterocycles. The number of ether oxygens (including phenoxy) is 1. The highest BCUT2D eigenvalue weighted by atomic mass is 16.5. The fourth-order valence-corrected chi connectivity index (χ4v) is 2.32. The van der Waals surface area contributed by atoms with Gasteiger partial charge in [0.1, 0.15) is 5.75 Å². The van der Waals surface area contributed by atoms with Gasteiger partial charge in [0.05, 0.1) is 19.2 Å². The standard InChI is InChI=1S/C20H19N5O3/c1-28-17-9-7-16(8-10-17)21-13-18(26)24-25-20(27)15-11-22-19(23-12-15)14-5-3-2-4-6-14/h2-12,21H,13H2,1H3,(H,24,26)(H,25,27). The predicted molar refractivity (Wildman–Crippen MR) is 105 cm³/mol. The minimum absolute atomic E-state index is 0.00391. The Labute approximate surface area is 162 Å². The molecule has 2 aromatic carbocycles. The van der Waals surface area contributed by atoms with Gasteiger partial charge in [-0.3, -0.25) is 20.4 Å². The number of nitrogens with one attached hydrogen (secondary N) is 3. The Morgan fingerprint density at radius 1 is 0.929 bits per heavy atom. The number of hydrazine groups is 1. The van der Waals surface area contributed by atoms with Crippen molar-refractivity contribution in [3.8, 4) is 17.1 Å². The Kier molecular flexibility index (Phi) is 6.14. The molecule has 0 saturated heterocycles. The van der Waals surface area contributed by atoms with Gasteiger partial charge >= 0.3 is 0 Å². The summed E-state index contributed by atoms with van der Waals surface area (Å²) in [5, 5.41) is 2.94. The molecular weight excluding hydrogens is 358 g/mol. The second-order valence-electron chi connectivity index (χ2n) is 5.75. The molecule has 0 bridgehead atoms. The summed E-state index contributed by atoms with van der Waals surface area (Å²) in [6.07, 6.45) is 2.82. The molecule has 1 aromatic heterocycles. The van der Waals surface area contributed by atoms with E-state index in [1.807, 2.05) is 30.3 Å². The molecule has 2 amide bonds. The van der Waals surface area contributed by atoms with Crippen molar-refractivity contribution in [2.24, 2.45) is 0 Å². The van der Waals surface area contributed by atoms with Crippen LogP contribution in [0.5, 0.6) is 5.75 Å². The van der Waals surface area contributed by atoms with E-state index in [0.29, 0.717) is 5.82 Å². The van der Waals surface area contributed by atoms with Crippen molar-refractivity contribution < 1.29 is 14.3 Å². The first kappa shape index (κ1) is 18.8. The average Bonchev–Trinajstić information content (AvgIpc) is 2.77. The maximum atomic E-state index is 12.1. The number of amides is 2. The molecule has 0 aliphatic carbocycles. The van der Waals surface area contributed by atoms with Crippen LogP contribution >= 0.6 is 0 Å². The summed E-state index contributed by atoms with van der Waals surface area (Å²) >= 11 is 0. The number of benzene rings is 2. The van der Waals surface area contributed by atoms with Crippen LogP contribution in [0.25, 0.3) is 11.4 Å². The van der Waals surface area contributed by atoms with E-state index in [-0.39, 0.29) is 12.1 Å². The molecule has 0 saturated carbocycles. The topological polar surface area (TPSA) is 105 Å². The normalized spacial score (nSPS) is 10.0. The lowest BCUT2D eigenvalue weighted by Gasteiger charge is -2.09. The number of carbonyl (C=O) groups excluding carboxylic acids is 2.